The van der Waals surface area contributed by atoms with Gasteiger partial charge >= 0.3 is 0 Å². The summed E-state index contributed by atoms with van der Waals surface area (Å²) >= 11 is 0. The van der Waals surface area contributed by atoms with Crippen LogP contribution in [-0.2, 0) is 13.0 Å². The number of hydrogen-bond donors (Lipinski definition) is 0. The summed E-state index contributed by atoms with van der Waals surface area (Å²) in [5.41, 5.74) is 4.23. The first-order valence-corrected chi connectivity index (χ1v) is 9.68. The number of fused-ring (bicyclic) bond motifs is 1. The van der Waals surface area contributed by atoms with Crippen LogP contribution in [0.2, 0.25) is 0 Å². The third-order valence-electron chi connectivity index (χ3n) is 5.00. The molecule has 0 aliphatic heterocycles. The number of pyridine rings is 1. The zero-order valence-electron chi connectivity index (χ0n) is 16.1. The number of benzene rings is 2. The minimum absolute atomic E-state index is 0.241. The van der Waals surface area contributed by atoms with E-state index in [1.807, 2.05) is 53.2 Å². The average Bonchev–Trinajstić information content (AvgIpc) is 3.15. The van der Waals surface area contributed by atoms with E-state index in [2.05, 4.69) is 9.97 Å². The SMILES string of the molecule is Fc1ccccc1Cn1nc(-c2nccc(Cc3ccncc3)n2)c2ccccc21. The molecule has 0 radical (unpaired) electrons. The number of para-hydroxylation sites is 1. The Hall–Kier alpha value is -3.93. The molecule has 0 unspecified atom stereocenters. The van der Waals surface area contributed by atoms with Crippen LogP contribution in [0.3, 0.4) is 0 Å². The van der Waals surface area contributed by atoms with Gasteiger partial charge in [-0.05, 0) is 35.9 Å². The van der Waals surface area contributed by atoms with Crippen LogP contribution in [0.25, 0.3) is 22.4 Å². The predicted molar refractivity (Wildman–Crippen MR) is 113 cm³/mol. The Bertz CT molecular complexity index is 1310. The summed E-state index contributed by atoms with van der Waals surface area (Å²) in [5.74, 6) is 0.319. The lowest BCUT2D eigenvalue weighted by Gasteiger charge is -2.05. The number of rotatable bonds is 5. The first-order valence-electron chi connectivity index (χ1n) is 9.68. The van der Waals surface area contributed by atoms with Gasteiger partial charge in [0.05, 0.1) is 12.1 Å². The molecule has 0 bridgehead atoms. The molecule has 0 spiro atoms. The van der Waals surface area contributed by atoms with E-state index in [4.69, 9.17) is 10.1 Å². The summed E-state index contributed by atoms with van der Waals surface area (Å²) in [4.78, 5) is 13.3. The molecule has 5 nitrogen and oxygen atoms in total. The van der Waals surface area contributed by atoms with Crippen molar-refractivity contribution in [1.29, 1.82) is 0 Å². The van der Waals surface area contributed by atoms with Gasteiger partial charge in [0.1, 0.15) is 11.5 Å². The van der Waals surface area contributed by atoms with Crippen LogP contribution >= 0.6 is 0 Å². The van der Waals surface area contributed by atoms with E-state index in [9.17, 15) is 4.39 Å². The largest absolute Gasteiger partial charge is 0.265 e. The van der Waals surface area contributed by atoms with Crippen LogP contribution in [-0.4, -0.2) is 24.7 Å². The fourth-order valence-corrected chi connectivity index (χ4v) is 3.52. The highest BCUT2D eigenvalue weighted by molar-refractivity contribution is 5.91. The highest BCUT2D eigenvalue weighted by Gasteiger charge is 2.16. The maximum absolute atomic E-state index is 14.2. The molecule has 0 atom stereocenters. The lowest BCUT2D eigenvalue weighted by Crippen LogP contribution is -2.04. The van der Waals surface area contributed by atoms with Crippen molar-refractivity contribution in [3.8, 4) is 11.5 Å². The van der Waals surface area contributed by atoms with Gasteiger partial charge in [-0.25, -0.2) is 14.4 Å². The van der Waals surface area contributed by atoms with Crippen molar-refractivity contribution in [2.24, 2.45) is 0 Å². The van der Waals surface area contributed by atoms with Crippen molar-refractivity contribution in [2.45, 2.75) is 13.0 Å². The van der Waals surface area contributed by atoms with E-state index in [-0.39, 0.29) is 5.82 Å². The monoisotopic (exact) mass is 395 g/mol. The molecule has 0 N–H and O–H groups in total. The molecular weight excluding hydrogens is 377 g/mol. The van der Waals surface area contributed by atoms with Crippen LogP contribution in [0.1, 0.15) is 16.8 Å². The van der Waals surface area contributed by atoms with Crippen molar-refractivity contribution in [2.75, 3.05) is 0 Å². The molecule has 2 aromatic carbocycles. The maximum Gasteiger partial charge on any atom is 0.180 e. The quantitative estimate of drug-likeness (QED) is 0.434. The van der Waals surface area contributed by atoms with Crippen LogP contribution in [0, 0.1) is 5.82 Å². The molecule has 5 aromatic rings. The van der Waals surface area contributed by atoms with Crippen LogP contribution in [0.4, 0.5) is 4.39 Å². The third-order valence-corrected chi connectivity index (χ3v) is 5.00. The van der Waals surface area contributed by atoms with Gasteiger partial charge in [0.2, 0.25) is 0 Å². The third kappa shape index (κ3) is 3.55. The van der Waals surface area contributed by atoms with Crippen LogP contribution in [0.5, 0.6) is 0 Å². The number of hydrogen-bond acceptors (Lipinski definition) is 4. The molecule has 3 aromatic heterocycles. The Morgan fingerprint density at radius 1 is 0.833 bits per heavy atom. The summed E-state index contributed by atoms with van der Waals surface area (Å²) in [6.45, 7) is 0.337. The van der Waals surface area contributed by atoms with Gasteiger partial charge in [0.25, 0.3) is 0 Å². The van der Waals surface area contributed by atoms with Crippen molar-refractivity contribution in [3.63, 3.8) is 0 Å². The second-order valence-corrected chi connectivity index (χ2v) is 7.02. The van der Waals surface area contributed by atoms with Crippen molar-refractivity contribution < 1.29 is 4.39 Å². The van der Waals surface area contributed by atoms with Gasteiger partial charge in [0, 0.05) is 41.7 Å². The lowest BCUT2D eigenvalue weighted by molar-refractivity contribution is 0.590. The predicted octanol–water partition coefficient (Wildman–Crippen LogP) is 4.67. The zero-order chi connectivity index (χ0) is 20.3. The fourth-order valence-electron chi connectivity index (χ4n) is 3.52. The van der Waals surface area contributed by atoms with Gasteiger partial charge in [-0.3, -0.25) is 9.67 Å². The molecule has 5 rings (SSSR count). The van der Waals surface area contributed by atoms with E-state index in [0.717, 1.165) is 22.2 Å². The molecule has 3 heterocycles. The Morgan fingerprint density at radius 3 is 2.50 bits per heavy atom. The summed E-state index contributed by atoms with van der Waals surface area (Å²) < 4.78 is 16.0. The van der Waals surface area contributed by atoms with Gasteiger partial charge in [0.15, 0.2) is 5.82 Å². The summed E-state index contributed by atoms with van der Waals surface area (Å²) in [6, 6.07) is 20.5. The summed E-state index contributed by atoms with van der Waals surface area (Å²) in [5, 5.41) is 5.70. The van der Waals surface area contributed by atoms with Crippen LogP contribution in [0.15, 0.2) is 85.3 Å². The van der Waals surface area contributed by atoms with E-state index in [1.54, 1.807) is 30.7 Å². The summed E-state index contributed by atoms with van der Waals surface area (Å²) in [6.07, 6.45) is 5.99. The molecule has 0 saturated carbocycles. The smallest absolute Gasteiger partial charge is 0.180 e. The number of nitrogens with zero attached hydrogens (tertiary/aromatic N) is 5. The van der Waals surface area contributed by atoms with E-state index in [0.29, 0.717) is 30.0 Å². The normalized spacial score (nSPS) is 11.1. The fraction of sp³-hybridized carbons (Fsp3) is 0.0833. The zero-order valence-corrected chi connectivity index (χ0v) is 16.1. The Balaban J connectivity index is 1.55. The Morgan fingerprint density at radius 2 is 1.63 bits per heavy atom. The second kappa shape index (κ2) is 7.83. The van der Waals surface area contributed by atoms with Gasteiger partial charge in [-0.15, -0.1) is 0 Å². The highest BCUT2D eigenvalue weighted by atomic mass is 19.1. The molecule has 6 heteroatoms. The maximum atomic E-state index is 14.2. The minimum Gasteiger partial charge on any atom is -0.265 e. The van der Waals surface area contributed by atoms with E-state index in [1.165, 1.54) is 6.07 Å². The first kappa shape index (κ1) is 18.1. The molecular formula is C24H18FN5. The number of aromatic nitrogens is 5. The molecule has 0 aliphatic carbocycles. The molecule has 30 heavy (non-hydrogen) atoms. The van der Waals surface area contributed by atoms with Crippen LogP contribution < -0.4 is 0 Å². The molecule has 0 amide bonds. The van der Waals surface area contributed by atoms with Gasteiger partial charge in [-0.2, -0.15) is 5.10 Å². The number of halogens is 1. The highest BCUT2D eigenvalue weighted by Crippen LogP contribution is 2.26. The molecule has 146 valence electrons. The van der Waals surface area contributed by atoms with Crippen molar-refractivity contribution in [1.82, 2.24) is 24.7 Å². The Labute approximate surface area is 172 Å². The minimum atomic E-state index is -0.241. The topological polar surface area (TPSA) is 56.5 Å². The second-order valence-electron chi connectivity index (χ2n) is 7.02. The van der Waals surface area contributed by atoms with Gasteiger partial charge < -0.3 is 0 Å². The van der Waals surface area contributed by atoms with E-state index < -0.39 is 0 Å². The van der Waals surface area contributed by atoms with E-state index >= 15 is 0 Å². The molecule has 0 fully saturated rings. The standard InChI is InChI=1S/C24H18FN5/c25-21-7-3-1-5-18(21)16-30-22-8-4-2-6-20(22)23(29-30)24-27-14-11-19(28-24)15-17-9-12-26-13-10-17/h1-14H,15-16H2. The average molecular weight is 395 g/mol. The lowest BCUT2D eigenvalue weighted by atomic mass is 10.1. The van der Waals surface area contributed by atoms with Gasteiger partial charge in [-0.1, -0.05) is 36.4 Å². The Kier molecular flexibility index (Phi) is 4.73. The molecule has 0 aliphatic rings. The van der Waals surface area contributed by atoms with Crippen molar-refractivity contribution >= 4 is 10.9 Å². The van der Waals surface area contributed by atoms with Crippen molar-refractivity contribution in [3.05, 3.63) is 108 Å². The summed E-state index contributed by atoms with van der Waals surface area (Å²) in [7, 11) is 0. The molecule has 0 saturated heterocycles. The first-order chi connectivity index (χ1) is 14.8.